The van der Waals surface area contributed by atoms with E-state index >= 15 is 0 Å². The van der Waals surface area contributed by atoms with Gasteiger partial charge in [-0.25, -0.2) is 0 Å². The molecule has 0 aliphatic heterocycles. The summed E-state index contributed by atoms with van der Waals surface area (Å²) in [6, 6.07) is 0. The summed E-state index contributed by atoms with van der Waals surface area (Å²) in [4.78, 5) is 0. The van der Waals surface area contributed by atoms with Crippen LogP contribution in [0.1, 0.15) is 0 Å². The van der Waals surface area contributed by atoms with E-state index in [2.05, 4.69) is 0 Å². The molecule has 0 aliphatic carbocycles. The molecule has 0 amide bonds. The Bertz CT molecular complexity index is 24.3. The van der Waals surface area contributed by atoms with Crippen molar-refractivity contribution in [2.45, 2.75) is 6.18 Å². The predicted molar refractivity (Wildman–Crippen MR) is 18.6 cm³/mol. The van der Waals surface area contributed by atoms with Crippen LogP contribution in [0, 0.1) is 6.92 Å². The van der Waals surface area contributed by atoms with E-state index in [0.29, 0.717) is 0 Å². The fraction of sp³-hybridized carbons (Fsp3) is 0.500. The molecule has 0 heterocycles. The Hall–Kier alpha value is 0.387. The van der Waals surface area contributed by atoms with E-state index in [1.165, 1.54) is 0 Å². The topological polar surface area (TPSA) is 0 Å². The first-order valence-electron chi connectivity index (χ1n) is 0.921. The first-order chi connectivity index (χ1) is 2.00. The molecule has 0 rings (SSSR count). The minimum atomic E-state index is -4.25. The summed E-state index contributed by atoms with van der Waals surface area (Å²) < 4.78 is 30.7. The van der Waals surface area contributed by atoms with Crippen molar-refractivity contribution in [3.05, 3.63) is 6.92 Å². The maximum absolute atomic E-state index is 10.2. The van der Waals surface area contributed by atoms with E-state index in [1.807, 2.05) is 0 Å². The van der Waals surface area contributed by atoms with Crippen molar-refractivity contribution in [2.75, 3.05) is 0 Å². The van der Waals surface area contributed by atoms with Gasteiger partial charge in [-0.2, -0.15) is 13.2 Å². The summed E-state index contributed by atoms with van der Waals surface area (Å²) in [5.74, 6) is 0. The van der Waals surface area contributed by atoms with Gasteiger partial charge in [0.05, 0.1) is 6.92 Å². The molecule has 0 aromatic carbocycles. The van der Waals surface area contributed by atoms with Crippen molar-refractivity contribution < 1.29 is 13.2 Å². The zero-order chi connectivity index (χ0) is 4.50. The van der Waals surface area contributed by atoms with E-state index in [9.17, 15) is 13.2 Å². The van der Waals surface area contributed by atoms with E-state index in [0.717, 1.165) is 0 Å². The van der Waals surface area contributed by atoms with Gasteiger partial charge in [-0.05, 0) is 0 Å². The average molecular weight is 91.0 g/mol. The Morgan fingerprint density at radius 3 is 1.17 bits per heavy atom. The average Bonchev–Trinajstić information content (AvgIpc) is 0.722. The third-order valence-corrected chi connectivity index (χ3v) is 0. The first-order valence-corrected chi connectivity index (χ1v) is 0.921. The molecule has 33 valence electrons. The van der Waals surface area contributed by atoms with Gasteiger partial charge in [0.25, 0.3) is 0 Å². The summed E-state index contributed by atoms with van der Waals surface area (Å²) in [6.07, 6.45) is -4.25. The van der Waals surface area contributed by atoms with Gasteiger partial charge in [0, 0.05) is 0 Å². The van der Waals surface area contributed by atoms with Crippen molar-refractivity contribution in [1.82, 2.24) is 0 Å². The van der Waals surface area contributed by atoms with Crippen LogP contribution in [0.2, 0.25) is 0 Å². The molecule has 0 fully saturated rings. The number of hydrogen-bond acceptors (Lipinski definition) is 0. The van der Waals surface area contributed by atoms with Crippen LogP contribution in [0.25, 0.3) is 0 Å². The van der Waals surface area contributed by atoms with Gasteiger partial charge in [-0.1, -0.05) is 0 Å². The van der Waals surface area contributed by atoms with Gasteiger partial charge in [0.1, 0.15) is 0 Å². The van der Waals surface area contributed by atoms with Crippen LogP contribution in [0.5, 0.6) is 0 Å². The van der Waals surface area contributed by atoms with Crippen LogP contribution in [0.4, 0.5) is 13.2 Å². The molecule has 6 heavy (non-hydrogen) atoms. The van der Waals surface area contributed by atoms with Crippen LogP contribution < -0.4 is 0 Å². The van der Waals surface area contributed by atoms with Gasteiger partial charge >= 0.3 is 25.0 Å². The predicted octanol–water partition coefficient (Wildman–Crippen LogP) is 0.734. The van der Waals surface area contributed by atoms with Crippen molar-refractivity contribution in [3.8, 4) is 0 Å². The zero-order valence-electron chi connectivity index (χ0n) is 2.34. The Morgan fingerprint density at radius 2 is 1.17 bits per heavy atom. The molecule has 0 N–H and O–H groups in total. The molecular weight excluding hydrogens is 88.0 g/mol. The van der Waals surface area contributed by atoms with E-state index in [1.54, 1.807) is 6.92 Å². The molecule has 0 saturated carbocycles. The second kappa shape index (κ2) is 2.54. The quantitative estimate of drug-likeness (QED) is 0.385. The number of hydrogen-bond donors (Lipinski definition) is 0. The number of halogens is 3. The summed E-state index contributed by atoms with van der Waals surface area (Å²) >= 11 is 0. The molecule has 0 saturated heterocycles. The zero-order valence-corrected chi connectivity index (χ0v) is 2.34. The fourth-order valence-corrected chi connectivity index (χ4v) is 0. The van der Waals surface area contributed by atoms with Crippen LogP contribution in [-0.4, -0.2) is 25.0 Å². The summed E-state index contributed by atoms with van der Waals surface area (Å²) in [5, 5.41) is 0. The molecule has 0 aromatic heterocycles. The summed E-state index contributed by atoms with van der Waals surface area (Å²) in [6.45, 7) is 1.77. The van der Waals surface area contributed by atoms with Crippen LogP contribution in [0.3, 0.4) is 0 Å². The van der Waals surface area contributed by atoms with Crippen LogP contribution >= 0.6 is 0 Å². The number of rotatable bonds is 0. The molecule has 0 nitrogen and oxygen atoms in total. The van der Waals surface area contributed by atoms with Gasteiger partial charge in [0.15, 0.2) is 0 Å². The Balaban J connectivity index is 0. The van der Waals surface area contributed by atoms with Crippen molar-refractivity contribution in [1.29, 1.82) is 0 Å². The molecule has 0 aromatic rings. The third kappa shape index (κ3) is 335. The molecule has 4 heteroatoms. The van der Waals surface area contributed by atoms with Crippen molar-refractivity contribution in [3.63, 3.8) is 0 Å². The van der Waals surface area contributed by atoms with Gasteiger partial charge in [0.2, 0.25) is 0 Å². The van der Waals surface area contributed by atoms with Gasteiger partial charge in [-0.3, -0.25) is 0 Å². The number of alkyl halides is 3. The fourth-order valence-electron chi connectivity index (χ4n) is 0. The summed E-state index contributed by atoms with van der Waals surface area (Å²) in [5.41, 5.74) is 0. The second-order valence-electron chi connectivity index (χ2n) is 0.615. The van der Waals surface area contributed by atoms with E-state index in [4.69, 9.17) is 0 Å². The Labute approximate surface area is 45.9 Å². The SMILES string of the molecule is [CH2]C(F)(F)F.[LiH]. The normalized spacial score (nSPS) is 10.0. The van der Waals surface area contributed by atoms with Crippen LogP contribution in [-0.2, 0) is 0 Å². The second-order valence-corrected chi connectivity index (χ2v) is 0.615. The third-order valence-electron chi connectivity index (χ3n) is 0. The Morgan fingerprint density at radius 1 is 1.17 bits per heavy atom. The van der Waals surface area contributed by atoms with Crippen molar-refractivity contribution >= 4 is 18.9 Å². The summed E-state index contributed by atoms with van der Waals surface area (Å²) in [7, 11) is 0. The standard InChI is InChI=1S/C2H2F3.Li.H/c1-2(3,4)5;;/h1H2;;. The molecule has 0 atom stereocenters. The minimum absolute atomic E-state index is 0. The van der Waals surface area contributed by atoms with E-state index in [-0.39, 0.29) is 18.9 Å². The maximum atomic E-state index is 10.2. The van der Waals surface area contributed by atoms with Crippen molar-refractivity contribution in [2.24, 2.45) is 0 Å². The van der Waals surface area contributed by atoms with E-state index < -0.39 is 6.18 Å². The van der Waals surface area contributed by atoms with Crippen LogP contribution in [0.15, 0.2) is 0 Å². The Kier molecular flexibility index (Phi) is 4.08. The van der Waals surface area contributed by atoms with Gasteiger partial charge in [-0.15, -0.1) is 0 Å². The first kappa shape index (κ1) is 9.63. The molecule has 1 radical (unpaired) electrons. The molecular formula is C2H3F3Li. The molecule has 0 spiro atoms. The molecule has 0 unspecified atom stereocenters. The monoisotopic (exact) mass is 91.0 g/mol. The van der Waals surface area contributed by atoms with Gasteiger partial charge < -0.3 is 0 Å². The molecule has 0 aliphatic rings. The molecule has 0 bridgehead atoms.